The van der Waals surface area contributed by atoms with E-state index in [1.54, 1.807) is 24.3 Å². The highest BCUT2D eigenvalue weighted by atomic mass is 79.9. The first-order valence-corrected chi connectivity index (χ1v) is 8.30. The summed E-state index contributed by atoms with van der Waals surface area (Å²) in [6.45, 7) is 1.42. The Morgan fingerprint density at radius 2 is 1.68 bits per heavy atom. The third-order valence-electron chi connectivity index (χ3n) is 3.39. The average molecular weight is 405 g/mol. The van der Waals surface area contributed by atoms with E-state index in [1.807, 2.05) is 31.2 Å². The molecule has 0 radical (unpaired) electrons. The van der Waals surface area contributed by atoms with Gasteiger partial charge in [-0.05, 0) is 46.1 Å². The number of hydrazine groups is 1. The summed E-state index contributed by atoms with van der Waals surface area (Å²) in [5.41, 5.74) is 6.66. The molecule has 25 heavy (non-hydrogen) atoms. The summed E-state index contributed by atoms with van der Waals surface area (Å²) in [5.74, 6) is -1.62. The summed E-state index contributed by atoms with van der Waals surface area (Å²) in [6.07, 6.45) is 0.0866. The molecule has 0 atom stereocenters. The quantitative estimate of drug-likeness (QED) is 0.591. The minimum absolute atomic E-state index is 0.0866. The number of benzene rings is 2. The van der Waals surface area contributed by atoms with E-state index in [9.17, 15) is 14.4 Å². The van der Waals surface area contributed by atoms with Gasteiger partial charge in [-0.25, -0.2) is 0 Å². The van der Waals surface area contributed by atoms with Gasteiger partial charge in [0.25, 0.3) is 11.8 Å². The molecule has 0 saturated heterocycles. The van der Waals surface area contributed by atoms with E-state index >= 15 is 0 Å². The van der Waals surface area contributed by atoms with Gasteiger partial charge in [-0.2, -0.15) is 0 Å². The lowest BCUT2D eigenvalue weighted by Gasteiger charge is -2.09. The van der Waals surface area contributed by atoms with Crippen LogP contribution < -0.4 is 10.9 Å². The predicted octanol–water partition coefficient (Wildman–Crippen LogP) is 2.30. The Labute approximate surface area is 153 Å². The maximum absolute atomic E-state index is 11.9. The van der Waals surface area contributed by atoms with Crippen molar-refractivity contribution in [1.82, 2.24) is 10.9 Å². The van der Waals surface area contributed by atoms with E-state index in [1.165, 1.54) is 0 Å². The summed E-state index contributed by atoms with van der Waals surface area (Å²) in [5, 5.41) is 0. The molecule has 2 aromatic carbocycles. The molecule has 6 nitrogen and oxygen atoms in total. The average Bonchev–Trinajstić information content (AvgIpc) is 2.60. The molecule has 130 valence electrons. The summed E-state index contributed by atoms with van der Waals surface area (Å²) >= 11 is 3.25. The van der Waals surface area contributed by atoms with E-state index < -0.39 is 24.4 Å². The smallest absolute Gasteiger partial charge is 0.310 e. The van der Waals surface area contributed by atoms with Crippen LogP contribution >= 0.6 is 15.9 Å². The van der Waals surface area contributed by atoms with Crippen molar-refractivity contribution < 1.29 is 19.1 Å². The zero-order chi connectivity index (χ0) is 18.2. The van der Waals surface area contributed by atoms with Gasteiger partial charge in [-0.1, -0.05) is 36.4 Å². The highest BCUT2D eigenvalue weighted by molar-refractivity contribution is 9.10. The van der Waals surface area contributed by atoms with E-state index in [0.717, 1.165) is 11.1 Å². The molecule has 0 aliphatic carbocycles. The maximum atomic E-state index is 11.9. The van der Waals surface area contributed by atoms with Crippen LogP contribution in [0.4, 0.5) is 0 Å². The van der Waals surface area contributed by atoms with Gasteiger partial charge >= 0.3 is 5.97 Å². The van der Waals surface area contributed by atoms with Crippen molar-refractivity contribution in [2.45, 2.75) is 13.3 Å². The first-order valence-electron chi connectivity index (χ1n) is 7.51. The van der Waals surface area contributed by atoms with Crippen molar-refractivity contribution in [2.24, 2.45) is 0 Å². The molecule has 2 aromatic rings. The third kappa shape index (κ3) is 5.72. The summed E-state index contributed by atoms with van der Waals surface area (Å²) < 4.78 is 5.52. The molecule has 0 aliphatic rings. The molecular formula is C18H17BrN2O4. The first-order chi connectivity index (χ1) is 12.0. The lowest BCUT2D eigenvalue weighted by Crippen LogP contribution is -2.43. The Morgan fingerprint density at radius 3 is 2.40 bits per heavy atom. The molecule has 0 bridgehead atoms. The van der Waals surface area contributed by atoms with Crippen LogP contribution in [0.25, 0.3) is 0 Å². The lowest BCUT2D eigenvalue weighted by atomic mass is 10.1. The molecule has 7 heteroatoms. The van der Waals surface area contributed by atoms with Crippen molar-refractivity contribution in [1.29, 1.82) is 0 Å². The van der Waals surface area contributed by atoms with Crippen LogP contribution in [0.15, 0.2) is 53.0 Å². The standard InChI is InChI=1S/C18H17BrN2O4/c1-12-6-2-3-7-13(12)10-17(23)25-11-16(22)20-21-18(24)14-8-4-5-9-15(14)19/h2-9H,10-11H2,1H3,(H,20,22)(H,21,24). The second-order valence-electron chi connectivity index (χ2n) is 5.25. The van der Waals surface area contributed by atoms with E-state index in [0.29, 0.717) is 10.0 Å². The largest absolute Gasteiger partial charge is 0.455 e. The van der Waals surface area contributed by atoms with Crippen LogP contribution in [0, 0.1) is 6.92 Å². The number of ether oxygens (including phenoxy) is 1. The lowest BCUT2D eigenvalue weighted by molar-refractivity contribution is -0.148. The number of carbonyl (C=O) groups is 3. The van der Waals surface area contributed by atoms with Crippen molar-refractivity contribution in [3.63, 3.8) is 0 Å². The Morgan fingerprint density at radius 1 is 1.00 bits per heavy atom. The molecule has 0 saturated carbocycles. The molecule has 0 aromatic heterocycles. The number of rotatable bonds is 5. The zero-order valence-electron chi connectivity index (χ0n) is 13.5. The van der Waals surface area contributed by atoms with E-state index in [2.05, 4.69) is 26.8 Å². The fourth-order valence-electron chi connectivity index (χ4n) is 2.04. The van der Waals surface area contributed by atoms with E-state index in [-0.39, 0.29) is 6.42 Å². The van der Waals surface area contributed by atoms with Gasteiger partial charge in [0, 0.05) is 4.47 Å². The molecule has 0 heterocycles. The number of amides is 2. The van der Waals surface area contributed by atoms with Crippen LogP contribution in [-0.4, -0.2) is 24.4 Å². The molecule has 2 N–H and O–H groups in total. The molecule has 0 aliphatic heterocycles. The Hall–Kier alpha value is -2.67. The van der Waals surface area contributed by atoms with Crippen LogP contribution in [0.5, 0.6) is 0 Å². The molecule has 2 rings (SSSR count). The second-order valence-corrected chi connectivity index (χ2v) is 6.10. The maximum Gasteiger partial charge on any atom is 0.310 e. The minimum atomic E-state index is -0.626. The highest BCUT2D eigenvalue weighted by Gasteiger charge is 2.12. The normalized spacial score (nSPS) is 10.0. The first kappa shape index (κ1) is 18.7. The molecule has 2 amide bonds. The fourth-order valence-corrected chi connectivity index (χ4v) is 2.50. The van der Waals surface area contributed by atoms with Crippen LogP contribution in [0.3, 0.4) is 0 Å². The van der Waals surface area contributed by atoms with Gasteiger partial charge in [0.2, 0.25) is 0 Å². The second kappa shape index (κ2) is 8.98. The number of esters is 1. The van der Waals surface area contributed by atoms with Crippen molar-refractivity contribution >= 4 is 33.7 Å². The SMILES string of the molecule is Cc1ccccc1CC(=O)OCC(=O)NNC(=O)c1ccccc1Br. The molecule has 0 fully saturated rings. The number of aryl methyl sites for hydroxylation is 1. The molecule has 0 spiro atoms. The number of halogens is 1. The number of carbonyl (C=O) groups excluding carboxylic acids is 3. The zero-order valence-corrected chi connectivity index (χ0v) is 15.1. The molecule has 0 unspecified atom stereocenters. The Kier molecular flexibility index (Phi) is 6.71. The minimum Gasteiger partial charge on any atom is -0.455 e. The van der Waals surface area contributed by atoms with Gasteiger partial charge < -0.3 is 4.74 Å². The van der Waals surface area contributed by atoms with Crippen molar-refractivity contribution in [3.05, 3.63) is 69.7 Å². The summed E-state index contributed by atoms with van der Waals surface area (Å²) in [7, 11) is 0. The van der Waals surface area contributed by atoms with Gasteiger partial charge in [0.1, 0.15) is 0 Å². The van der Waals surface area contributed by atoms with Crippen molar-refractivity contribution in [2.75, 3.05) is 6.61 Å². The van der Waals surface area contributed by atoms with Gasteiger partial charge in [0.15, 0.2) is 6.61 Å². The Bertz CT molecular complexity index is 792. The summed E-state index contributed by atoms with van der Waals surface area (Å²) in [6, 6.07) is 14.2. The number of hydrogen-bond acceptors (Lipinski definition) is 4. The third-order valence-corrected chi connectivity index (χ3v) is 4.09. The number of hydrogen-bond donors (Lipinski definition) is 2. The van der Waals surface area contributed by atoms with E-state index in [4.69, 9.17) is 4.74 Å². The van der Waals surface area contributed by atoms with Crippen LogP contribution in [0.1, 0.15) is 21.5 Å². The monoisotopic (exact) mass is 404 g/mol. The fraction of sp³-hybridized carbons (Fsp3) is 0.167. The predicted molar refractivity (Wildman–Crippen MR) is 95.6 cm³/mol. The van der Waals surface area contributed by atoms with Crippen LogP contribution in [-0.2, 0) is 20.7 Å². The van der Waals surface area contributed by atoms with Gasteiger partial charge in [-0.15, -0.1) is 0 Å². The summed E-state index contributed by atoms with van der Waals surface area (Å²) in [4.78, 5) is 35.4. The highest BCUT2D eigenvalue weighted by Crippen LogP contribution is 2.15. The van der Waals surface area contributed by atoms with Gasteiger partial charge in [-0.3, -0.25) is 25.2 Å². The molecular weight excluding hydrogens is 388 g/mol. The Balaban J connectivity index is 1.75. The topological polar surface area (TPSA) is 84.5 Å². The van der Waals surface area contributed by atoms with Crippen molar-refractivity contribution in [3.8, 4) is 0 Å². The van der Waals surface area contributed by atoms with Gasteiger partial charge in [0.05, 0.1) is 12.0 Å². The van der Waals surface area contributed by atoms with Crippen LogP contribution in [0.2, 0.25) is 0 Å². The number of nitrogens with one attached hydrogen (secondary N) is 2.